The first-order valence-corrected chi connectivity index (χ1v) is 12.9. The van der Waals surface area contributed by atoms with E-state index >= 15 is 0 Å². The summed E-state index contributed by atoms with van der Waals surface area (Å²) in [6.45, 7) is 11.1. The van der Waals surface area contributed by atoms with Crippen LogP contribution in [0.5, 0.6) is 0 Å². The quantitative estimate of drug-likeness (QED) is 0.231. The minimum absolute atomic E-state index is 0.435. The largest absolute Gasteiger partial charge is 0.443 e. The number of carbonyl (C=O) groups is 2. The second-order valence-corrected chi connectivity index (χ2v) is 12.3. The number of hydrogen-bond acceptors (Lipinski definition) is 4. The SMILES string of the molecule is CC(C)(C)OC(=O)n1cc(Cc2cn(C(=O)OC(C)(C)C)c3ccc(Br)cc23)c2cc(Br)ccc21. The van der Waals surface area contributed by atoms with Gasteiger partial charge in [0.2, 0.25) is 0 Å². The Labute approximate surface area is 221 Å². The molecule has 4 rings (SSSR count). The summed E-state index contributed by atoms with van der Waals surface area (Å²) < 4.78 is 16.2. The smallest absolute Gasteiger partial charge is 0.419 e. The van der Waals surface area contributed by atoms with Gasteiger partial charge in [0.1, 0.15) is 11.2 Å². The summed E-state index contributed by atoms with van der Waals surface area (Å²) in [7, 11) is 0. The normalized spacial score (nSPS) is 12.3. The summed E-state index contributed by atoms with van der Waals surface area (Å²) in [4.78, 5) is 25.9. The fourth-order valence-corrected chi connectivity index (χ4v) is 4.67. The van der Waals surface area contributed by atoms with Crippen LogP contribution in [0, 0.1) is 0 Å². The van der Waals surface area contributed by atoms with Crippen LogP contribution in [0.15, 0.2) is 57.7 Å². The van der Waals surface area contributed by atoms with E-state index in [-0.39, 0.29) is 0 Å². The summed E-state index contributed by atoms with van der Waals surface area (Å²) in [6.07, 6.45) is 3.27. The second kappa shape index (κ2) is 9.13. The molecule has 2 aromatic heterocycles. The molecule has 0 aliphatic rings. The Morgan fingerprint density at radius 3 is 1.43 bits per heavy atom. The fraction of sp³-hybridized carbons (Fsp3) is 0.333. The Bertz CT molecular complexity index is 1340. The third kappa shape index (κ3) is 5.64. The molecular weight excluding hydrogens is 576 g/mol. The van der Waals surface area contributed by atoms with Crippen molar-refractivity contribution in [2.75, 3.05) is 0 Å². The van der Waals surface area contributed by atoms with Crippen LogP contribution in [0.2, 0.25) is 0 Å². The van der Waals surface area contributed by atoms with E-state index in [0.717, 1.165) is 41.9 Å². The first kappa shape index (κ1) is 25.5. The van der Waals surface area contributed by atoms with Crippen molar-refractivity contribution in [3.8, 4) is 0 Å². The van der Waals surface area contributed by atoms with Gasteiger partial charge in [-0.3, -0.25) is 9.13 Å². The number of halogens is 2. The van der Waals surface area contributed by atoms with Gasteiger partial charge in [0.05, 0.1) is 11.0 Å². The molecule has 0 aliphatic heterocycles. The van der Waals surface area contributed by atoms with E-state index in [1.165, 1.54) is 0 Å². The lowest BCUT2D eigenvalue weighted by molar-refractivity contribution is 0.0533. The molecule has 0 saturated heterocycles. The van der Waals surface area contributed by atoms with Gasteiger partial charge in [-0.15, -0.1) is 0 Å². The predicted octanol–water partition coefficient (Wildman–Crippen LogP) is 8.28. The number of aromatic nitrogens is 2. The van der Waals surface area contributed by atoms with Crippen LogP contribution in [0.1, 0.15) is 52.7 Å². The zero-order chi connectivity index (χ0) is 25.7. The molecule has 184 valence electrons. The number of rotatable bonds is 2. The summed E-state index contributed by atoms with van der Waals surface area (Å²) in [5.41, 5.74) is 2.17. The van der Waals surface area contributed by atoms with E-state index < -0.39 is 23.4 Å². The average Bonchev–Trinajstić information content (AvgIpc) is 3.24. The number of nitrogens with zero attached hydrogens (tertiary/aromatic N) is 2. The molecule has 0 spiro atoms. The van der Waals surface area contributed by atoms with Crippen LogP contribution in [-0.4, -0.2) is 32.5 Å². The van der Waals surface area contributed by atoms with Gasteiger partial charge in [0.15, 0.2) is 0 Å². The molecule has 0 bridgehead atoms. The molecule has 0 fully saturated rings. The van der Waals surface area contributed by atoms with E-state index in [9.17, 15) is 9.59 Å². The molecule has 0 N–H and O–H groups in total. The number of carbonyl (C=O) groups excluding carboxylic acids is 2. The minimum atomic E-state index is -0.615. The van der Waals surface area contributed by atoms with E-state index in [0.29, 0.717) is 6.42 Å². The third-order valence-corrected chi connectivity index (χ3v) is 6.25. The Morgan fingerprint density at radius 1 is 0.714 bits per heavy atom. The molecule has 6 nitrogen and oxygen atoms in total. The molecule has 0 atom stereocenters. The van der Waals surface area contributed by atoms with Crippen molar-refractivity contribution in [3.05, 3.63) is 68.9 Å². The van der Waals surface area contributed by atoms with Crippen molar-refractivity contribution < 1.29 is 19.1 Å². The van der Waals surface area contributed by atoms with Gasteiger partial charge in [-0.2, -0.15) is 0 Å². The monoisotopic (exact) mass is 602 g/mol. The minimum Gasteiger partial charge on any atom is -0.443 e. The molecule has 35 heavy (non-hydrogen) atoms. The highest BCUT2D eigenvalue weighted by Crippen LogP contribution is 2.32. The van der Waals surface area contributed by atoms with E-state index in [2.05, 4.69) is 31.9 Å². The van der Waals surface area contributed by atoms with Crippen molar-refractivity contribution in [1.29, 1.82) is 0 Å². The second-order valence-electron chi connectivity index (χ2n) is 10.5. The van der Waals surface area contributed by atoms with Crippen LogP contribution in [0.25, 0.3) is 21.8 Å². The molecule has 2 aromatic carbocycles. The lowest BCUT2D eigenvalue weighted by Crippen LogP contribution is -2.26. The van der Waals surface area contributed by atoms with E-state index in [4.69, 9.17) is 9.47 Å². The van der Waals surface area contributed by atoms with Gasteiger partial charge in [-0.05, 0) is 89.1 Å². The molecular formula is C27H28Br2N2O4. The van der Waals surface area contributed by atoms with Crippen LogP contribution >= 0.6 is 31.9 Å². The molecule has 0 saturated carbocycles. The van der Waals surface area contributed by atoms with E-state index in [1.807, 2.05) is 90.3 Å². The summed E-state index contributed by atoms with van der Waals surface area (Å²) in [6, 6.07) is 11.6. The average molecular weight is 604 g/mol. The van der Waals surface area contributed by atoms with Crippen LogP contribution in [0.4, 0.5) is 9.59 Å². The summed E-state index contributed by atoms with van der Waals surface area (Å²) in [5.74, 6) is 0. The zero-order valence-electron chi connectivity index (χ0n) is 20.6. The van der Waals surface area contributed by atoms with Crippen molar-refractivity contribution in [2.24, 2.45) is 0 Å². The van der Waals surface area contributed by atoms with Crippen LogP contribution in [-0.2, 0) is 15.9 Å². The van der Waals surface area contributed by atoms with Crippen molar-refractivity contribution in [1.82, 2.24) is 9.13 Å². The van der Waals surface area contributed by atoms with Crippen molar-refractivity contribution >= 4 is 65.9 Å². The van der Waals surface area contributed by atoms with Gasteiger partial charge in [-0.1, -0.05) is 31.9 Å². The van der Waals surface area contributed by atoms with Gasteiger partial charge < -0.3 is 9.47 Å². The lowest BCUT2D eigenvalue weighted by Gasteiger charge is -2.19. The van der Waals surface area contributed by atoms with Gasteiger partial charge in [0.25, 0.3) is 0 Å². The van der Waals surface area contributed by atoms with E-state index in [1.54, 1.807) is 9.13 Å². The number of hydrogen-bond donors (Lipinski definition) is 0. The first-order valence-electron chi connectivity index (χ1n) is 11.3. The Balaban J connectivity index is 1.83. The maximum atomic E-state index is 13.0. The fourth-order valence-electron chi connectivity index (χ4n) is 3.95. The highest BCUT2D eigenvalue weighted by atomic mass is 79.9. The van der Waals surface area contributed by atoms with Gasteiger partial charge in [0, 0.05) is 38.5 Å². The Kier molecular flexibility index (Phi) is 6.66. The number of fused-ring (bicyclic) bond motifs is 2. The zero-order valence-corrected chi connectivity index (χ0v) is 23.8. The molecule has 0 aliphatic carbocycles. The predicted molar refractivity (Wildman–Crippen MR) is 145 cm³/mol. The Morgan fingerprint density at radius 2 is 1.09 bits per heavy atom. The lowest BCUT2D eigenvalue weighted by atomic mass is 10.0. The standard InChI is InChI=1S/C27H28Br2N2O4/c1-26(2,3)34-24(32)30-14-16(20-12-18(28)7-9-22(20)30)11-17-15-31(25(33)35-27(4,5)6)23-10-8-19(29)13-21(17)23/h7-10,12-15H,11H2,1-6H3. The Hall–Kier alpha value is -2.58. The molecule has 4 aromatic rings. The van der Waals surface area contributed by atoms with Gasteiger partial charge in [-0.25, -0.2) is 9.59 Å². The molecule has 0 unspecified atom stereocenters. The number of benzene rings is 2. The van der Waals surface area contributed by atoms with Crippen LogP contribution in [0.3, 0.4) is 0 Å². The molecule has 0 radical (unpaired) electrons. The van der Waals surface area contributed by atoms with Crippen LogP contribution < -0.4 is 0 Å². The highest BCUT2D eigenvalue weighted by molar-refractivity contribution is 9.10. The van der Waals surface area contributed by atoms with Gasteiger partial charge >= 0.3 is 12.2 Å². The molecule has 2 heterocycles. The summed E-state index contributed by atoms with van der Waals surface area (Å²) >= 11 is 7.10. The first-order chi connectivity index (χ1) is 16.2. The maximum absolute atomic E-state index is 13.0. The van der Waals surface area contributed by atoms with Crippen molar-refractivity contribution in [2.45, 2.75) is 59.2 Å². The van der Waals surface area contributed by atoms with Crippen molar-refractivity contribution in [3.63, 3.8) is 0 Å². The molecule has 8 heteroatoms. The summed E-state index contributed by atoms with van der Waals surface area (Å²) in [5, 5.41) is 1.86. The molecule has 0 amide bonds. The highest BCUT2D eigenvalue weighted by Gasteiger charge is 2.24. The number of ether oxygens (including phenoxy) is 2. The third-order valence-electron chi connectivity index (χ3n) is 5.26. The topological polar surface area (TPSA) is 62.5 Å². The maximum Gasteiger partial charge on any atom is 0.419 e.